The van der Waals surface area contributed by atoms with Crippen molar-refractivity contribution in [2.45, 2.75) is 72.1 Å². The lowest BCUT2D eigenvalue weighted by atomic mass is 9.62. The molecule has 0 radical (unpaired) electrons. The van der Waals surface area contributed by atoms with Crippen LogP contribution in [0.2, 0.25) is 0 Å². The molecule has 0 saturated heterocycles. The molecule has 1 atom stereocenters. The smallest absolute Gasteiger partial charge is 0.332 e. The summed E-state index contributed by atoms with van der Waals surface area (Å²) in [6.07, 6.45) is 6.95. The molecule has 2 N–H and O–H groups in total. The fraction of sp³-hybridized carbons (Fsp3) is 0.765. The second kappa shape index (κ2) is 7.62. The highest BCUT2D eigenvalue weighted by atomic mass is 16.4. The Labute approximate surface area is 127 Å². The van der Waals surface area contributed by atoms with Gasteiger partial charge in [-0.2, -0.15) is 0 Å². The molecule has 0 aromatic carbocycles. The summed E-state index contributed by atoms with van der Waals surface area (Å²) in [4.78, 5) is 22.6. The molecular weight excluding hydrogens is 268 g/mol. The predicted molar refractivity (Wildman–Crippen MR) is 82.2 cm³/mol. The lowest BCUT2D eigenvalue weighted by molar-refractivity contribution is -0.139. The van der Waals surface area contributed by atoms with Crippen molar-refractivity contribution in [1.29, 1.82) is 0 Å². The third kappa shape index (κ3) is 4.08. The second-order valence-corrected chi connectivity index (χ2v) is 6.29. The van der Waals surface area contributed by atoms with Gasteiger partial charge in [-0.25, -0.2) is 4.79 Å². The lowest BCUT2D eigenvalue weighted by Crippen LogP contribution is -2.32. The van der Waals surface area contributed by atoms with Crippen LogP contribution in [-0.4, -0.2) is 22.2 Å². The summed E-state index contributed by atoms with van der Waals surface area (Å²) < 4.78 is 0. The van der Waals surface area contributed by atoms with Crippen molar-refractivity contribution in [2.75, 3.05) is 0 Å². The molecule has 1 unspecified atom stereocenters. The third-order valence-electron chi connectivity index (χ3n) is 5.23. The minimum atomic E-state index is -1.08. The molecule has 0 amide bonds. The first-order valence-electron chi connectivity index (χ1n) is 8.04. The normalized spacial score (nSPS) is 20.5. The Morgan fingerprint density at radius 2 is 1.67 bits per heavy atom. The first kappa shape index (κ1) is 17.7. The van der Waals surface area contributed by atoms with E-state index in [1.807, 2.05) is 6.92 Å². The molecule has 21 heavy (non-hydrogen) atoms. The lowest BCUT2D eigenvalue weighted by Gasteiger charge is -2.42. The number of carbonyl (C=O) groups is 2. The molecular formula is C17H28O4. The van der Waals surface area contributed by atoms with Gasteiger partial charge in [-0.3, -0.25) is 4.79 Å². The zero-order valence-electron chi connectivity index (χ0n) is 13.4. The van der Waals surface area contributed by atoms with E-state index >= 15 is 0 Å². The SMILES string of the molecule is CCC(=C(CC(=O)O)C(=O)O)C(C)(CC)C1CCCCC1. The Hall–Kier alpha value is -1.32. The Bertz CT molecular complexity index is 419. The summed E-state index contributed by atoms with van der Waals surface area (Å²) >= 11 is 0. The average molecular weight is 296 g/mol. The number of carboxylic acid groups (broad SMARTS) is 2. The van der Waals surface area contributed by atoms with Gasteiger partial charge >= 0.3 is 11.9 Å². The molecule has 0 aliphatic heterocycles. The number of aliphatic carboxylic acids is 2. The summed E-state index contributed by atoms with van der Waals surface area (Å²) in [6, 6.07) is 0. The van der Waals surface area contributed by atoms with Crippen LogP contribution in [0.4, 0.5) is 0 Å². The van der Waals surface area contributed by atoms with Crippen molar-refractivity contribution < 1.29 is 19.8 Å². The zero-order valence-corrected chi connectivity index (χ0v) is 13.4. The van der Waals surface area contributed by atoms with Crippen LogP contribution in [0, 0.1) is 11.3 Å². The zero-order chi connectivity index (χ0) is 16.0. The topological polar surface area (TPSA) is 74.6 Å². The quantitative estimate of drug-likeness (QED) is 0.689. The first-order valence-corrected chi connectivity index (χ1v) is 8.04. The van der Waals surface area contributed by atoms with Gasteiger partial charge in [0.05, 0.1) is 6.42 Å². The van der Waals surface area contributed by atoms with E-state index in [4.69, 9.17) is 5.11 Å². The van der Waals surface area contributed by atoms with Crippen molar-refractivity contribution in [3.63, 3.8) is 0 Å². The standard InChI is InChI=1S/C17H28O4/c1-4-14(13(16(20)21)11-15(18)19)17(3,5-2)12-9-7-6-8-10-12/h12H,4-11H2,1-3H3,(H,18,19)(H,20,21). The molecule has 4 nitrogen and oxygen atoms in total. The van der Waals surface area contributed by atoms with E-state index in [0.29, 0.717) is 12.3 Å². The Morgan fingerprint density at radius 3 is 2.05 bits per heavy atom. The van der Waals surface area contributed by atoms with Crippen molar-refractivity contribution in [2.24, 2.45) is 11.3 Å². The highest BCUT2D eigenvalue weighted by Gasteiger charge is 2.38. The van der Waals surface area contributed by atoms with Gasteiger partial charge in [0.2, 0.25) is 0 Å². The van der Waals surface area contributed by atoms with E-state index in [9.17, 15) is 14.7 Å². The summed E-state index contributed by atoms with van der Waals surface area (Å²) in [5, 5.41) is 18.5. The van der Waals surface area contributed by atoms with Crippen molar-refractivity contribution in [1.82, 2.24) is 0 Å². The van der Waals surface area contributed by atoms with Crippen LogP contribution in [0.3, 0.4) is 0 Å². The maximum Gasteiger partial charge on any atom is 0.332 e. The molecule has 1 fully saturated rings. The second-order valence-electron chi connectivity index (χ2n) is 6.29. The van der Waals surface area contributed by atoms with Crippen molar-refractivity contribution in [3.8, 4) is 0 Å². The number of hydrogen-bond acceptors (Lipinski definition) is 2. The molecule has 1 saturated carbocycles. The number of hydrogen-bond donors (Lipinski definition) is 2. The summed E-state index contributed by atoms with van der Waals surface area (Å²) in [7, 11) is 0. The van der Waals surface area contributed by atoms with Gasteiger partial charge in [0.15, 0.2) is 0 Å². The van der Waals surface area contributed by atoms with Gasteiger partial charge in [-0.05, 0) is 37.0 Å². The Balaban J connectivity index is 3.27. The van der Waals surface area contributed by atoms with Gasteiger partial charge in [-0.15, -0.1) is 0 Å². The van der Waals surface area contributed by atoms with E-state index in [0.717, 1.165) is 24.8 Å². The average Bonchev–Trinajstić information content (AvgIpc) is 2.47. The molecule has 0 aromatic rings. The van der Waals surface area contributed by atoms with Crippen LogP contribution < -0.4 is 0 Å². The summed E-state index contributed by atoms with van der Waals surface area (Å²) in [5.41, 5.74) is 0.741. The predicted octanol–water partition coefficient (Wildman–Crippen LogP) is 4.25. The van der Waals surface area contributed by atoms with Crippen LogP contribution >= 0.6 is 0 Å². The highest BCUT2D eigenvalue weighted by molar-refractivity contribution is 5.93. The molecule has 0 spiro atoms. The summed E-state index contributed by atoms with van der Waals surface area (Å²) in [6.45, 7) is 6.16. The van der Waals surface area contributed by atoms with Crippen LogP contribution in [0.15, 0.2) is 11.1 Å². The van der Waals surface area contributed by atoms with E-state index < -0.39 is 11.9 Å². The van der Waals surface area contributed by atoms with Crippen LogP contribution in [-0.2, 0) is 9.59 Å². The molecule has 1 aliphatic carbocycles. The molecule has 0 aromatic heterocycles. The van der Waals surface area contributed by atoms with Gasteiger partial charge in [0.25, 0.3) is 0 Å². The highest BCUT2D eigenvalue weighted by Crippen LogP contribution is 2.48. The number of allylic oxidation sites excluding steroid dienone is 1. The monoisotopic (exact) mass is 296 g/mol. The Morgan fingerprint density at radius 1 is 1.10 bits per heavy atom. The number of rotatable bonds is 7. The van der Waals surface area contributed by atoms with Gasteiger partial charge in [0.1, 0.15) is 0 Å². The van der Waals surface area contributed by atoms with E-state index in [1.54, 1.807) is 0 Å². The molecule has 4 heteroatoms. The molecule has 1 aliphatic rings. The molecule has 0 heterocycles. The third-order valence-corrected chi connectivity index (χ3v) is 5.23. The molecule has 120 valence electrons. The minimum Gasteiger partial charge on any atom is -0.481 e. The van der Waals surface area contributed by atoms with Gasteiger partial charge in [-0.1, -0.05) is 45.6 Å². The van der Waals surface area contributed by atoms with E-state index in [1.165, 1.54) is 19.3 Å². The molecule has 0 bridgehead atoms. The largest absolute Gasteiger partial charge is 0.481 e. The maximum absolute atomic E-state index is 11.6. The maximum atomic E-state index is 11.6. The van der Waals surface area contributed by atoms with Crippen LogP contribution in [0.25, 0.3) is 0 Å². The van der Waals surface area contributed by atoms with Crippen molar-refractivity contribution in [3.05, 3.63) is 11.1 Å². The number of carboxylic acids is 2. The van der Waals surface area contributed by atoms with Crippen LogP contribution in [0.5, 0.6) is 0 Å². The van der Waals surface area contributed by atoms with Crippen molar-refractivity contribution >= 4 is 11.9 Å². The fourth-order valence-electron chi connectivity index (χ4n) is 3.91. The Kier molecular flexibility index (Phi) is 6.43. The van der Waals surface area contributed by atoms with Crippen LogP contribution in [0.1, 0.15) is 72.1 Å². The van der Waals surface area contributed by atoms with Gasteiger partial charge < -0.3 is 10.2 Å². The van der Waals surface area contributed by atoms with E-state index in [-0.39, 0.29) is 17.4 Å². The summed E-state index contributed by atoms with van der Waals surface area (Å²) in [5.74, 6) is -1.68. The molecule has 1 rings (SSSR count). The minimum absolute atomic E-state index is 0.0972. The first-order chi connectivity index (χ1) is 9.86. The van der Waals surface area contributed by atoms with Gasteiger partial charge in [0, 0.05) is 5.57 Å². The fourth-order valence-corrected chi connectivity index (χ4v) is 3.91. The van der Waals surface area contributed by atoms with E-state index in [2.05, 4.69) is 13.8 Å².